The summed E-state index contributed by atoms with van der Waals surface area (Å²) in [5.74, 6) is 0.0860. The van der Waals surface area contributed by atoms with E-state index < -0.39 is 16.1 Å². The van der Waals surface area contributed by atoms with E-state index in [1.807, 2.05) is 30.3 Å². The van der Waals surface area contributed by atoms with E-state index >= 15 is 0 Å². The first kappa shape index (κ1) is 20.3. The van der Waals surface area contributed by atoms with Crippen LogP contribution in [0, 0.1) is 5.92 Å². The van der Waals surface area contributed by atoms with E-state index in [0.717, 1.165) is 24.7 Å². The summed E-state index contributed by atoms with van der Waals surface area (Å²) in [5, 5.41) is 2.95. The third-order valence-electron chi connectivity index (χ3n) is 5.90. The second kappa shape index (κ2) is 8.04. The Balaban J connectivity index is 1.49. The van der Waals surface area contributed by atoms with Crippen molar-refractivity contribution in [1.29, 1.82) is 0 Å². The van der Waals surface area contributed by atoms with Gasteiger partial charge in [-0.1, -0.05) is 30.3 Å². The van der Waals surface area contributed by atoms with Gasteiger partial charge in [0.05, 0.1) is 6.26 Å². The Morgan fingerprint density at radius 1 is 1.17 bits per heavy atom. The van der Waals surface area contributed by atoms with E-state index in [2.05, 4.69) is 14.9 Å². The van der Waals surface area contributed by atoms with Crippen LogP contribution in [0.15, 0.2) is 30.3 Å². The zero-order chi connectivity index (χ0) is 20.6. The minimum atomic E-state index is -3.33. The zero-order valence-corrected chi connectivity index (χ0v) is 17.4. The van der Waals surface area contributed by atoms with Gasteiger partial charge >= 0.3 is 0 Å². The fourth-order valence-electron chi connectivity index (χ4n) is 4.39. The number of nitrogens with zero attached hydrogens (tertiary/aromatic N) is 2. The summed E-state index contributed by atoms with van der Waals surface area (Å²) in [5.41, 5.74) is 1.11. The van der Waals surface area contributed by atoms with E-state index in [4.69, 9.17) is 0 Å². The van der Waals surface area contributed by atoms with Crippen LogP contribution in [-0.2, 0) is 26.2 Å². The first-order valence-electron chi connectivity index (χ1n) is 10.1. The molecule has 3 atom stereocenters. The Morgan fingerprint density at radius 3 is 2.55 bits per heavy atom. The number of hydrogen-bond donors (Lipinski definition) is 2. The van der Waals surface area contributed by atoms with Crippen molar-refractivity contribution < 1.29 is 18.0 Å². The first-order chi connectivity index (χ1) is 13.8. The molecule has 2 saturated heterocycles. The van der Waals surface area contributed by atoms with Crippen LogP contribution >= 0.6 is 0 Å². The van der Waals surface area contributed by atoms with Gasteiger partial charge in [-0.15, -0.1) is 0 Å². The fraction of sp³-hybridized carbons (Fsp3) is 0.600. The van der Waals surface area contributed by atoms with Crippen LogP contribution in [0.2, 0.25) is 0 Å². The molecule has 1 aliphatic carbocycles. The lowest BCUT2D eigenvalue weighted by atomic mass is 10.0. The number of fused-ring (bicyclic) bond motifs is 1. The van der Waals surface area contributed by atoms with Gasteiger partial charge in [0, 0.05) is 44.2 Å². The van der Waals surface area contributed by atoms with Gasteiger partial charge in [0.25, 0.3) is 0 Å². The minimum absolute atomic E-state index is 0.0256. The topological polar surface area (TPSA) is 98.8 Å². The van der Waals surface area contributed by atoms with Crippen molar-refractivity contribution in [2.45, 2.75) is 43.9 Å². The average molecular weight is 421 g/mol. The van der Waals surface area contributed by atoms with E-state index in [1.165, 1.54) is 0 Å². The second-order valence-electron chi connectivity index (χ2n) is 8.42. The molecule has 1 aromatic carbocycles. The third-order valence-corrected chi connectivity index (χ3v) is 6.66. The molecule has 4 rings (SSSR count). The van der Waals surface area contributed by atoms with Crippen molar-refractivity contribution in [2.75, 3.05) is 25.9 Å². The Bertz CT molecular complexity index is 872. The lowest BCUT2D eigenvalue weighted by Gasteiger charge is -2.43. The quantitative estimate of drug-likeness (QED) is 0.643. The van der Waals surface area contributed by atoms with Crippen LogP contribution in [0.3, 0.4) is 0 Å². The number of piperazine rings is 1. The molecule has 9 heteroatoms. The number of hydrogen-bond acceptors (Lipinski definition) is 5. The number of nitrogens with one attached hydrogen (secondary N) is 2. The van der Waals surface area contributed by atoms with Gasteiger partial charge in [-0.2, -0.15) is 0 Å². The number of amides is 2. The highest BCUT2D eigenvalue weighted by atomic mass is 32.2. The van der Waals surface area contributed by atoms with E-state index in [1.54, 1.807) is 4.90 Å². The van der Waals surface area contributed by atoms with E-state index in [0.29, 0.717) is 26.1 Å². The molecule has 3 aliphatic rings. The maximum absolute atomic E-state index is 13.3. The fourth-order valence-corrected chi connectivity index (χ4v) is 5.17. The molecule has 3 fully saturated rings. The standard InChI is InChI=1S/C20H28N4O4S/c1-29(27,28)22-16-9-17-13-23(11-14-5-3-2-4-6-14)18(20(26)24(17)12-16)10-21-19(25)15-7-8-15/h2-6,15-18,22H,7-13H2,1H3,(H,21,25)/t16-,17-,18-/m0/s1. The average Bonchev–Trinajstić information content (AvgIpc) is 3.43. The Hall–Kier alpha value is -1.97. The minimum Gasteiger partial charge on any atom is -0.354 e. The van der Waals surface area contributed by atoms with Crippen LogP contribution in [0.25, 0.3) is 0 Å². The second-order valence-corrected chi connectivity index (χ2v) is 10.2. The number of carbonyl (C=O) groups excluding carboxylic acids is 2. The summed E-state index contributed by atoms with van der Waals surface area (Å²) in [6, 6.07) is 9.22. The molecule has 2 N–H and O–H groups in total. The lowest BCUT2D eigenvalue weighted by molar-refractivity contribution is -0.144. The molecule has 0 radical (unpaired) electrons. The van der Waals surface area contributed by atoms with Crippen LogP contribution in [0.5, 0.6) is 0 Å². The van der Waals surface area contributed by atoms with Gasteiger partial charge in [-0.25, -0.2) is 13.1 Å². The van der Waals surface area contributed by atoms with Crippen molar-refractivity contribution in [3.63, 3.8) is 0 Å². The van der Waals surface area contributed by atoms with Crippen molar-refractivity contribution in [1.82, 2.24) is 19.8 Å². The van der Waals surface area contributed by atoms with Crippen LogP contribution in [0.4, 0.5) is 0 Å². The highest BCUT2D eigenvalue weighted by Crippen LogP contribution is 2.30. The van der Waals surface area contributed by atoms with Crippen molar-refractivity contribution >= 4 is 21.8 Å². The van der Waals surface area contributed by atoms with E-state index in [9.17, 15) is 18.0 Å². The summed E-state index contributed by atoms with van der Waals surface area (Å²) in [4.78, 5) is 29.3. The van der Waals surface area contributed by atoms with E-state index in [-0.39, 0.29) is 36.4 Å². The zero-order valence-electron chi connectivity index (χ0n) is 16.6. The molecule has 2 aliphatic heterocycles. The smallest absolute Gasteiger partial charge is 0.242 e. The van der Waals surface area contributed by atoms with Crippen LogP contribution in [0.1, 0.15) is 24.8 Å². The van der Waals surface area contributed by atoms with Crippen molar-refractivity contribution in [3.8, 4) is 0 Å². The molecule has 8 nitrogen and oxygen atoms in total. The SMILES string of the molecule is CS(=O)(=O)N[C@H]1C[C@H]2CN(Cc3ccccc3)[C@@H](CNC(=O)C3CC3)C(=O)N2C1. The number of sulfonamides is 1. The number of carbonyl (C=O) groups is 2. The lowest BCUT2D eigenvalue weighted by Crippen LogP contribution is -2.62. The molecule has 29 heavy (non-hydrogen) atoms. The van der Waals surface area contributed by atoms with Crippen molar-refractivity contribution in [2.24, 2.45) is 5.92 Å². The molecule has 158 valence electrons. The summed E-state index contributed by atoms with van der Waals surface area (Å²) in [6.07, 6.45) is 3.59. The predicted molar refractivity (Wildman–Crippen MR) is 108 cm³/mol. The normalized spacial score (nSPS) is 27.7. The molecule has 2 amide bonds. The maximum atomic E-state index is 13.3. The molecule has 1 aromatic rings. The van der Waals surface area contributed by atoms with Gasteiger partial charge in [0.1, 0.15) is 6.04 Å². The number of benzene rings is 1. The van der Waals surface area contributed by atoms with Crippen LogP contribution < -0.4 is 10.0 Å². The molecule has 0 spiro atoms. The summed E-state index contributed by atoms with van der Waals surface area (Å²) >= 11 is 0. The molecular formula is C20H28N4O4S. The molecule has 0 aromatic heterocycles. The molecule has 1 saturated carbocycles. The van der Waals surface area contributed by atoms with Crippen molar-refractivity contribution in [3.05, 3.63) is 35.9 Å². The predicted octanol–water partition coefficient (Wildman–Crippen LogP) is -0.0843. The van der Waals surface area contributed by atoms with Gasteiger partial charge in [0.15, 0.2) is 0 Å². The maximum Gasteiger partial charge on any atom is 0.242 e. The van der Waals surface area contributed by atoms with Gasteiger partial charge < -0.3 is 10.2 Å². The summed E-state index contributed by atoms with van der Waals surface area (Å²) in [6.45, 7) is 1.94. The summed E-state index contributed by atoms with van der Waals surface area (Å²) < 4.78 is 25.9. The monoisotopic (exact) mass is 420 g/mol. The largest absolute Gasteiger partial charge is 0.354 e. The molecule has 0 unspecified atom stereocenters. The number of rotatable bonds is 7. The van der Waals surface area contributed by atoms with Gasteiger partial charge in [0.2, 0.25) is 21.8 Å². The van der Waals surface area contributed by atoms with Gasteiger partial charge in [-0.05, 0) is 24.8 Å². The summed E-state index contributed by atoms with van der Waals surface area (Å²) in [7, 11) is -3.33. The van der Waals surface area contributed by atoms with Crippen LogP contribution in [-0.4, -0.2) is 74.0 Å². The Kier molecular flexibility index (Phi) is 5.63. The highest BCUT2D eigenvalue weighted by molar-refractivity contribution is 7.88. The first-order valence-corrected chi connectivity index (χ1v) is 12.0. The molecule has 0 bridgehead atoms. The Labute approximate surface area is 171 Å². The Morgan fingerprint density at radius 2 is 1.90 bits per heavy atom. The highest BCUT2D eigenvalue weighted by Gasteiger charge is 2.46. The third kappa shape index (κ3) is 4.96. The molecule has 2 heterocycles. The molecular weight excluding hydrogens is 392 g/mol. The van der Waals surface area contributed by atoms with Gasteiger partial charge in [-0.3, -0.25) is 14.5 Å².